The molecule has 0 saturated carbocycles. The molecule has 28 heavy (non-hydrogen) atoms. The number of benzene rings is 2. The molecule has 150 valence electrons. The Balaban J connectivity index is 1.57. The van der Waals surface area contributed by atoms with E-state index in [4.69, 9.17) is 11.6 Å². The summed E-state index contributed by atoms with van der Waals surface area (Å²) in [7, 11) is -3.59. The lowest BCUT2D eigenvalue weighted by molar-refractivity contribution is -0.126. The predicted octanol–water partition coefficient (Wildman–Crippen LogP) is 3.76. The minimum atomic E-state index is -3.59. The lowest BCUT2D eigenvalue weighted by Crippen LogP contribution is -2.43. The number of hydrogen-bond donors (Lipinski definition) is 1. The summed E-state index contributed by atoms with van der Waals surface area (Å²) in [6.45, 7) is 2.41. The maximum absolute atomic E-state index is 13.0. The molecule has 2 aromatic carbocycles. The summed E-state index contributed by atoms with van der Waals surface area (Å²) in [5.41, 5.74) is 0.817. The van der Waals surface area contributed by atoms with Gasteiger partial charge >= 0.3 is 0 Å². The number of nitrogens with one attached hydrogen (secondary N) is 1. The molecule has 1 atom stereocenters. The largest absolute Gasteiger partial charge is 0.349 e. The third-order valence-corrected chi connectivity index (χ3v) is 7.17. The summed E-state index contributed by atoms with van der Waals surface area (Å²) >= 11 is 5.82. The Bertz CT molecular complexity index is 925. The molecule has 3 rings (SSSR count). The van der Waals surface area contributed by atoms with Crippen LogP contribution in [0.3, 0.4) is 0 Å². The molecule has 1 saturated heterocycles. The molecule has 0 aromatic heterocycles. The fraction of sp³-hybridized carbons (Fsp3) is 0.350. The van der Waals surface area contributed by atoms with Gasteiger partial charge in [-0.25, -0.2) is 12.8 Å². The molecular weight excluding hydrogens is 403 g/mol. The molecule has 1 aliphatic rings. The quantitative estimate of drug-likeness (QED) is 0.794. The number of rotatable bonds is 5. The third kappa shape index (κ3) is 4.71. The number of sulfonamides is 1. The van der Waals surface area contributed by atoms with E-state index >= 15 is 0 Å². The number of hydrogen-bond acceptors (Lipinski definition) is 3. The summed E-state index contributed by atoms with van der Waals surface area (Å²) < 4.78 is 39.9. The number of piperidine rings is 1. The Morgan fingerprint density at radius 1 is 1.11 bits per heavy atom. The Morgan fingerprint density at radius 3 is 2.25 bits per heavy atom. The first-order chi connectivity index (χ1) is 13.3. The number of nitrogens with zero attached hydrogens (tertiary/aromatic N) is 1. The van der Waals surface area contributed by atoms with Crippen molar-refractivity contribution in [2.24, 2.45) is 5.92 Å². The van der Waals surface area contributed by atoms with Crippen LogP contribution in [0.15, 0.2) is 53.4 Å². The van der Waals surface area contributed by atoms with Crippen LogP contribution < -0.4 is 5.32 Å². The van der Waals surface area contributed by atoms with E-state index in [9.17, 15) is 17.6 Å². The monoisotopic (exact) mass is 424 g/mol. The van der Waals surface area contributed by atoms with E-state index in [0.29, 0.717) is 17.9 Å². The van der Waals surface area contributed by atoms with Gasteiger partial charge in [-0.15, -0.1) is 0 Å². The zero-order chi connectivity index (χ0) is 20.3. The van der Waals surface area contributed by atoms with E-state index in [-0.39, 0.29) is 41.7 Å². The van der Waals surface area contributed by atoms with Crippen LogP contribution in [-0.4, -0.2) is 31.7 Å². The highest BCUT2D eigenvalue weighted by atomic mass is 35.5. The van der Waals surface area contributed by atoms with Crippen LogP contribution in [-0.2, 0) is 14.8 Å². The Morgan fingerprint density at radius 2 is 1.68 bits per heavy atom. The summed E-state index contributed by atoms with van der Waals surface area (Å²) in [6.07, 6.45) is 0.906. The number of amides is 1. The molecule has 8 heteroatoms. The minimum Gasteiger partial charge on any atom is -0.349 e. The Kier molecular flexibility index (Phi) is 6.37. The average Bonchev–Trinajstić information content (AvgIpc) is 2.69. The van der Waals surface area contributed by atoms with Crippen LogP contribution in [0.25, 0.3) is 0 Å². The molecule has 1 aliphatic heterocycles. The van der Waals surface area contributed by atoms with Gasteiger partial charge in [0.05, 0.1) is 10.9 Å². The van der Waals surface area contributed by atoms with Gasteiger partial charge in [-0.05, 0) is 61.7 Å². The number of carbonyl (C=O) groups is 1. The Hall–Kier alpha value is -1.96. The highest BCUT2D eigenvalue weighted by Gasteiger charge is 2.32. The van der Waals surface area contributed by atoms with Gasteiger partial charge in [0, 0.05) is 24.0 Å². The smallest absolute Gasteiger partial charge is 0.243 e. The van der Waals surface area contributed by atoms with Crippen molar-refractivity contribution in [1.29, 1.82) is 0 Å². The van der Waals surface area contributed by atoms with Gasteiger partial charge in [0.25, 0.3) is 0 Å². The summed E-state index contributed by atoms with van der Waals surface area (Å²) in [6, 6.07) is 11.8. The van der Waals surface area contributed by atoms with E-state index < -0.39 is 10.0 Å². The molecule has 2 aromatic rings. The number of carbonyl (C=O) groups excluding carboxylic acids is 1. The first-order valence-corrected chi connectivity index (χ1v) is 10.9. The highest BCUT2D eigenvalue weighted by Crippen LogP contribution is 2.25. The fourth-order valence-corrected chi connectivity index (χ4v) is 4.88. The van der Waals surface area contributed by atoms with Gasteiger partial charge < -0.3 is 5.32 Å². The maximum atomic E-state index is 13.0. The van der Waals surface area contributed by atoms with Gasteiger partial charge in [0.15, 0.2) is 0 Å². The van der Waals surface area contributed by atoms with Crippen LogP contribution in [0.4, 0.5) is 4.39 Å². The van der Waals surface area contributed by atoms with E-state index in [0.717, 1.165) is 5.56 Å². The second-order valence-corrected chi connectivity index (χ2v) is 9.29. The standard InChI is InChI=1S/C20H22ClFN2O3S/c1-14(15-2-6-18(22)7-3-15)23-20(25)16-10-12-24(13-11-16)28(26,27)19-8-4-17(21)5-9-19/h2-9,14,16H,10-13H2,1H3,(H,23,25)/t14-/m0/s1. The molecule has 0 spiro atoms. The minimum absolute atomic E-state index is 0.111. The zero-order valence-electron chi connectivity index (χ0n) is 15.4. The molecule has 1 N–H and O–H groups in total. The molecule has 0 unspecified atom stereocenters. The first kappa shape index (κ1) is 20.8. The zero-order valence-corrected chi connectivity index (χ0v) is 17.0. The van der Waals surface area contributed by atoms with Crippen molar-refractivity contribution in [3.63, 3.8) is 0 Å². The second kappa shape index (κ2) is 8.59. The van der Waals surface area contributed by atoms with Crippen molar-refractivity contribution in [3.05, 3.63) is 64.9 Å². The van der Waals surface area contributed by atoms with Crippen LogP contribution in [0, 0.1) is 11.7 Å². The molecule has 1 amide bonds. The molecule has 0 bridgehead atoms. The van der Waals surface area contributed by atoms with Gasteiger partial charge in [0.2, 0.25) is 15.9 Å². The maximum Gasteiger partial charge on any atom is 0.243 e. The van der Waals surface area contributed by atoms with E-state index in [2.05, 4.69) is 5.32 Å². The molecular formula is C20H22ClFN2O3S. The lowest BCUT2D eigenvalue weighted by Gasteiger charge is -2.31. The van der Waals surface area contributed by atoms with Crippen molar-refractivity contribution < 1.29 is 17.6 Å². The second-order valence-electron chi connectivity index (χ2n) is 6.91. The molecule has 0 radical (unpaired) electrons. The predicted molar refractivity (Wildman–Crippen MR) is 106 cm³/mol. The van der Waals surface area contributed by atoms with Crippen LogP contribution in [0.2, 0.25) is 5.02 Å². The van der Waals surface area contributed by atoms with Crippen molar-refractivity contribution in [1.82, 2.24) is 9.62 Å². The van der Waals surface area contributed by atoms with E-state index in [1.54, 1.807) is 24.3 Å². The van der Waals surface area contributed by atoms with Crippen LogP contribution in [0.5, 0.6) is 0 Å². The molecule has 1 fully saturated rings. The van der Waals surface area contributed by atoms with Gasteiger partial charge in [-0.2, -0.15) is 4.31 Å². The highest BCUT2D eigenvalue weighted by molar-refractivity contribution is 7.89. The normalized spacial score (nSPS) is 17.2. The van der Waals surface area contributed by atoms with Crippen molar-refractivity contribution in [2.45, 2.75) is 30.7 Å². The third-order valence-electron chi connectivity index (χ3n) is 5.00. The summed E-state index contributed by atoms with van der Waals surface area (Å²) in [4.78, 5) is 12.7. The molecule has 5 nitrogen and oxygen atoms in total. The topological polar surface area (TPSA) is 66.5 Å². The average molecular weight is 425 g/mol. The fourth-order valence-electron chi connectivity index (χ4n) is 3.28. The van der Waals surface area contributed by atoms with Crippen molar-refractivity contribution in [3.8, 4) is 0 Å². The van der Waals surface area contributed by atoms with Gasteiger partial charge in [-0.3, -0.25) is 4.79 Å². The van der Waals surface area contributed by atoms with Crippen LogP contribution >= 0.6 is 11.6 Å². The molecule has 0 aliphatic carbocycles. The SMILES string of the molecule is C[C@H](NC(=O)C1CCN(S(=O)(=O)c2ccc(Cl)cc2)CC1)c1ccc(F)cc1. The summed E-state index contributed by atoms with van der Waals surface area (Å²) in [5, 5.41) is 3.41. The van der Waals surface area contributed by atoms with Crippen LogP contribution in [0.1, 0.15) is 31.4 Å². The Labute approximate surface area is 169 Å². The van der Waals surface area contributed by atoms with E-state index in [1.807, 2.05) is 6.92 Å². The van der Waals surface area contributed by atoms with Gasteiger partial charge in [0.1, 0.15) is 5.82 Å². The van der Waals surface area contributed by atoms with Crippen molar-refractivity contribution in [2.75, 3.05) is 13.1 Å². The molecule has 1 heterocycles. The summed E-state index contributed by atoms with van der Waals surface area (Å²) in [5.74, 6) is -0.684. The van der Waals surface area contributed by atoms with Crippen molar-refractivity contribution >= 4 is 27.5 Å². The van der Waals surface area contributed by atoms with Gasteiger partial charge in [-0.1, -0.05) is 23.7 Å². The van der Waals surface area contributed by atoms with E-state index in [1.165, 1.54) is 28.6 Å². The number of halogens is 2. The first-order valence-electron chi connectivity index (χ1n) is 9.09. The lowest BCUT2D eigenvalue weighted by atomic mass is 9.96.